The lowest BCUT2D eigenvalue weighted by Crippen LogP contribution is -2.50. The molecule has 0 fully saturated rings. The van der Waals surface area contributed by atoms with Crippen LogP contribution in [0.15, 0.2) is 58.9 Å². The predicted molar refractivity (Wildman–Crippen MR) is 104 cm³/mol. The Morgan fingerprint density at radius 3 is 2.57 bits per heavy atom. The van der Waals surface area contributed by atoms with Gasteiger partial charge in [-0.05, 0) is 19.9 Å². The van der Waals surface area contributed by atoms with Crippen molar-refractivity contribution >= 4 is 44.6 Å². The van der Waals surface area contributed by atoms with Gasteiger partial charge in [0.25, 0.3) is 22.1 Å². The van der Waals surface area contributed by atoms with Crippen LogP contribution in [0.4, 0.5) is 0 Å². The molecular weight excluding hydrogens is 422 g/mol. The van der Waals surface area contributed by atoms with Crippen LogP contribution in [0.3, 0.4) is 0 Å². The summed E-state index contributed by atoms with van der Waals surface area (Å²) in [7, 11) is -2.85. The molecule has 1 N–H and O–H groups in total. The summed E-state index contributed by atoms with van der Waals surface area (Å²) in [6.07, 6.45) is 4.72. The van der Waals surface area contributed by atoms with Gasteiger partial charge in [-0.1, -0.05) is 29.0 Å². The topological polar surface area (TPSA) is 93.4 Å². The van der Waals surface area contributed by atoms with Gasteiger partial charge >= 0.3 is 0 Å². The van der Waals surface area contributed by atoms with Crippen LogP contribution >= 0.6 is 22.9 Å². The van der Waals surface area contributed by atoms with Gasteiger partial charge in [-0.2, -0.15) is 4.57 Å². The second-order valence-electron chi connectivity index (χ2n) is 6.38. The van der Waals surface area contributed by atoms with Gasteiger partial charge < -0.3 is 5.11 Å². The molecule has 28 heavy (non-hydrogen) atoms. The number of sulfonamides is 1. The van der Waals surface area contributed by atoms with E-state index in [1.807, 2.05) is 19.9 Å². The minimum Gasteiger partial charge on any atom is -0.870 e. The van der Waals surface area contributed by atoms with Gasteiger partial charge in [-0.3, -0.25) is 14.4 Å². The van der Waals surface area contributed by atoms with Gasteiger partial charge in [0, 0.05) is 30.1 Å². The zero-order valence-corrected chi connectivity index (χ0v) is 17.7. The average molecular weight is 440 g/mol. The maximum atomic E-state index is 12.9. The minimum atomic E-state index is -4.03. The van der Waals surface area contributed by atoms with E-state index >= 15 is 0 Å². The van der Waals surface area contributed by atoms with Crippen molar-refractivity contribution in [2.24, 2.45) is 0 Å². The molecule has 2 aromatic rings. The van der Waals surface area contributed by atoms with Crippen molar-refractivity contribution in [1.29, 1.82) is 0 Å². The molecular formula is C18H18ClN3O4S2. The second-order valence-corrected chi connectivity index (χ2v) is 10.0. The lowest BCUT2D eigenvalue weighted by molar-refractivity contribution is -0.715. The van der Waals surface area contributed by atoms with Crippen molar-refractivity contribution < 1.29 is 22.9 Å². The first kappa shape index (κ1) is 20.4. The second kappa shape index (κ2) is 7.57. The Hall–Kier alpha value is -2.36. The summed E-state index contributed by atoms with van der Waals surface area (Å²) in [5, 5.41) is 15.6. The van der Waals surface area contributed by atoms with E-state index < -0.39 is 33.6 Å². The van der Waals surface area contributed by atoms with Crippen molar-refractivity contribution in [2.45, 2.75) is 24.9 Å². The third-order valence-corrected chi connectivity index (χ3v) is 7.26. The lowest BCUT2D eigenvalue weighted by Gasteiger charge is -2.31. The van der Waals surface area contributed by atoms with Gasteiger partial charge in [0.15, 0.2) is 12.4 Å². The molecule has 1 unspecified atom stereocenters. The number of rotatable bonds is 4. The average Bonchev–Trinajstić information content (AvgIpc) is 3.03. The van der Waals surface area contributed by atoms with Crippen LogP contribution < -0.4 is 15.0 Å². The zero-order valence-electron chi connectivity index (χ0n) is 15.3. The molecule has 0 bridgehead atoms. The van der Waals surface area contributed by atoms with Gasteiger partial charge in [0.2, 0.25) is 0 Å². The summed E-state index contributed by atoms with van der Waals surface area (Å²) in [5.41, 5.74) is 0.477. The number of hydrogen-bond acceptors (Lipinski definition) is 5. The highest BCUT2D eigenvalue weighted by atomic mass is 35.5. The molecule has 1 amide bonds. The normalized spacial score (nSPS) is 16.4. The number of hydrogen-bond donors (Lipinski definition) is 1. The molecule has 1 atom stereocenters. The van der Waals surface area contributed by atoms with Crippen LogP contribution in [0, 0.1) is 0 Å². The van der Waals surface area contributed by atoms with E-state index in [2.05, 4.69) is 5.32 Å². The lowest BCUT2D eigenvalue weighted by atomic mass is 10.2. The molecule has 1 aliphatic rings. The van der Waals surface area contributed by atoms with E-state index in [-0.39, 0.29) is 14.1 Å². The number of allylic oxidation sites excluding steroid dienone is 1. The van der Waals surface area contributed by atoms with Crippen molar-refractivity contribution in [3.8, 4) is 0 Å². The Balaban J connectivity index is 2.04. The SMILES string of the molecule is CC(C)=CC(NC(=O)C1=C([O-])c2sc(Cl)cc2S(=O)(=O)N1C)[n+]1ccccc1. The molecule has 0 saturated heterocycles. The molecule has 7 nitrogen and oxygen atoms in total. The fourth-order valence-electron chi connectivity index (χ4n) is 2.78. The number of carbonyl (C=O) groups is 1. The first-order valence-electron chi connectivity index (χ1n) is 8.24. The number of nitrogens with one attached hydrogen (secondary N) is 1. The standard InChI is InChI=1S/C18H18ClN3O4S2/c1-11(2)9-14(22-7-5-4-6-8-22)20-18(24)15-16(23)17-12(10-13(19)27-17)28(25,26)21(15)3/h4-10,14H,1-3H3,(H-,20,23,24). The van der Waals surface area contributed by atoms with E-state index in [0.29, 0.717) is 4.31 Å². The molecule has 0 aromatic carbocycles. The Kier molecular flexibility index (Phi) is 5.51. The van der Waals surface area contributed by atoms with Crippen molar-refractivity contribution in [1.82, 2.24) is 9.62 Å². The summed E-state index contributed by atoms with van der Waals surface area (Å²) < 4.78 is 28.0. The monoisotopic (exact) mass is 439 g/mol. The summed E-state index contributed by atoms with van der Waals surface area (Å²) in [4.78, 5) is 12.7. The molecule has 0 saturated carbocycles. The summed E-state index contributed by atoms with van der Waals surface area (Å²) in [5.74, 6) is -1.46. The summed E-state index contributed by atoms with van der Waals surface area (Å²) >= 11 is 6.74. The highest BCUT2D eigenvalue weighted by Crippen LogP contribution is 2.40. The first-order chi connectivity index (χ1) is 13.1. The fraction of sp³-hybridized carbons (Fsp3) is 0.222. The highest BCUT2D eigenvalue weighted by molar-refractivity contribution is 7.89. The smallest absolute Gasteiger partial charge is 0.273 e. The van der Waals surface area contributed by atoms with E-state index in [0.717, 1.165) is 16.9 Å². The number of aromatic nitrogens is 1. The van der Waals surface area contributed by atoms with Gasteiger partial charge in [-0.15, -0.1) is 11.3 Å². The van der Waals surface area contributed by atoms with E-state index in [4.69, 9.17) is 11.6 Å². The number of amides is 1. The van der Waals surface area contributed by atoms with Gasteiger partial charge in [0.1, 0.15) is 10.6 Å². The van der Waals surface area contributed by atoms with Crippen LogP contribution in [-0.2, 0) is 14.8 Å². The molecule has 10 heteroatoms. The van der Waals surface area contributed by atoms with Crippen LogP contribution in [-0.4, -0.2) is 25.7 Å². The van der Waals surface area contributed by atoms with Gasteiger partial charge in [-0.25, -0.2) is 8.42 Å². The summed E-state index contributed by atoms with van der Waals surface area (Å²) in [6.45, 7) is 3.75. The Morgan fingerprint density at radius 1 is 1.32 bits per heavy atom. The van der Waals surface area contributed by atoms with Crippen molar-refractivity contribution in [3.05, 3.63) is 63.2 Å². The largest absolute Gasteiger partial charge is 0.870 e. The molecule has 0 spiro atoms. The van der Waals surface area contributed by atoms with E-state index in [9.17, 15) is 18.3 Å². The van der Waals surface area contributed by atoms with Crippen LogP contribution in [0.25, 0.3) is 5.76 Å². The number of pyridine rings is 1. The number of fused-ring (bicyclic) bond motifs is 1. The molecule has 148 valence electrons. The maximum absolute atomic E-state index is 12.9. The fourth-order valence-corrected chi connectivity index (χ4v) is 5.71. The highest BCUT2D eigenvalue weighted by Gasteiger charge is 2.37. The zero-order chi connectivity index (χ0) is 20.6. The molecule has 3 heterocycles. The summed E-state index contributed by atoms with van der Waals surface area (Å²) in [6, 6.07) is 6.66. The van der Waals surface area contributed by atoms with Crippen LogP contribution in [0.1, 0.15) is 24.9 Å². The van der Waals surface area contributed by atoms with Gasteiger partial charge in [0.05, 0.1) is 4.34 Å². The van der Waals surface area contributed by atoms with Crippen LogP contribution in [0.2, 0.25) is 4.34 Å². The van der Waals surface area contributed by atoms with Crippen molar-refractivity contribution in [3.63, 3.8) is 0 Å². The Bertz CT molecular complexity index is 1090. The minimum absolute atomic E-state index is 0.0561. The number of thiophene rings is 1. The van der Waals surface area contributed by atoms with E-state index in [1.54, 1.807) is 35.2 Å². The number of likely N-dealkylation sites (N-methyl/N-ethyl adjacent to an activating group) is 1. The third-order valence-electron chi connectivity index (χ3n) is 4.09. The molecule has 3 rings (SSSR count). The Labute approximate surface area is 172 Å². The molecule has 0 radical (unpaired) electrons. The Morgan fingerprint density at radius 2 is 1.96 bits per heavy atom. The number of halogens is 1. The van der Waals surface area contributed by atoms with Crippen molar-refractivity contribution in [2.75, 3.05) is 7.05 Å². The quantitative estimate of drug-likeness (QED) is 0.578. The number of nitrogens with zero attached hydrogens (tertiary/aromatic N) is 2. The third kappa shape index (κ3) is 3.65. The predicted octanol–water partition coefficient (Wildman–Crippen LogP) is 1.63. The van der Waals surface area contributed by atoms with Crippen LogP contribution in [0.5, 0.6) is 0 Å². The molecule has 0 aliphatic carbocycles. The first-order valence-corrected chi connectivity index (χ1v) is 10.9. The molecule has 2 aromatic heterocycles. The van der Waals surface area contributed by atoms with E-state index in [1.165, 1.54) is 13.1 Å². The maximum Gasteiger partial charge on any atom is 0.273 e. The number of carbonyl (C=O) groups excluding carboxylic acids is 1. The molecule has 1 aliphatic heterocycles.